The van der Waals surface area contributed by atoms with E-state index in [0.29, 0.717) is 34.3 Å². The van der Waals surface area contributed by atoms with Gasteiger partial charge in [-0.05, 0) is 67.0 Å². The minimum Gasteiger partial charge on any atom is -0.490 e. The zero-order valence-corrected chi connectivity index (χ0v) is 21.6. The van der Waals surface area contributed by atoms with E-state index >= 15 is 0 Å². The maximum absolute atomic E-state index is 13.4. The standard InChI is InChI=1S/C30H24ClFN2O4/c1-3-37-28-15-21(10-13-27(28)38-18-22-6-4-5-7-26(22)31)14-24-19(2)25(16-33)30(36)34(29(24)35)17-20-8-11-23(32)12-9-20/h4-15H,3,17-18H2,1-2H3/b24-14+. The number of rotatable bonds is 8. The van der Waals surface area contributed by atoms with Crippen molar-refractivity contribution < 1.29 is 23.5 Å². The summed E-state index contributed by atoms with van der Waals surface area (Å²) in [4.78, 5) is 27.3. The number of halogens is 2. The smallest absolute Gasteiger partial charge is 0.271 e. The Morgan fingerprint density at radius 1 is 1.00 bits per heavy atom. The Hall–Kier alpha value is -4.41. The van der Waals surface area contributed by atoms with Gasteiger partial charge in [-0.1, -0.05) is 48.0 Å². The molecule has 0 unspecified atom stereocenters. The van der Waals surface area contributed by atoms with Crippen LogP contribution in [0.25, 0.3) is 6.08 Å². The Labute approximate surface area is 225 Å². The Kier molecular flexibility index (Phi) is 8.25. The first-order valence-electron chi connectivity index (χ1n) is 11.9. The largest absolute Gasteiger partial charge is 0.490 e. The zero-order valence-electron chi connectivity index (χ0n) is 20.8. The van der Waals surface area contributed by atoms with Crippen LogP contribution in [0.2, 0.25) is 5.02 Å². The van der Waals surface area contributed by atoms with Gasteiger partial charge in [0.1, 0.15) is 24.1 Å². The highest BCUT2D eigenvalue weighted by Gasteiger charge is 2.35. The average molecular weight is 531 g/mol. The van der Waals surface area contributed by atoms with Crippen molar-refractivity contribution in [1.82, 2.24) is 4.90 Å². The van der Waals surface area contributed by atoms with E-state index in [1.54, 1.807) is 37.3 Å². The number of nitriles is 1. The molecule has 3 aromatic rings. The molecule has 0 fully saturated rings. The van der Waals surface area contributed by atoms with Gasteiger partial charge < -0.3 is 9.47 Å². The van der Waals surface area contributed by atoms with Gasteiger partial charge in [-0.3, -0.25) is 14.5 Å². The Morgan fingerprint density at radius 3 is 2.42 bits per heavy atom. The van der Waals surface area contributed by atoms with Gasteiger partial charge in [0.05, 0.1) is 13.2 Å². The highest BCUT2D eigenvalue weighted by atomic mass is 35.5. The minimum absolute atomic E-state index is 0.0905. The average Bonchev–Trinajstić information content (AvgIpc) is 2.91. The van der Waals surface area contributed by atoms with Crippen LogP contribution in [0.4, 0.5) is 4.39 Å². The van der Waals surface area contributed by atoms with Crippen LogP contribution in [0.15, 0.2) is 83.4 Å². The Balaban J connectivity index is 1.66. The molecule has 2 amide bonds. The van der Waals surface area contributed by atoms with Crippen molar-refractivity contribution in [3.63, 3.8) is 0 Å². The van der Waals surface area contributed by atoms with Crippen molar-refractivity contribution in [3.8, 4) is 17.6 Å². The van der Waals surface area contributed by atoms with E-state index in [0.717, 1.165) is 10.5 Å². The molecule has 6 nitrogen and oxygen atoms in total. The highest BCUT2D eigenvalue weighted by Crippen LogP contribution is 2.33. The lowest BCUT2D eigenvalue weighted by molar-refractivity contribution is -0.141. The molecule has 3 aromatic carbocycles. The molecular formula is C30H24ClFN2O4. The fraction of sp³-hybridized carbons (Fsp3) is 0.167. The van der Waals surface area contributed by atoms with E-state index in [1.807, 2.05) is 31.2 Å². The number of carbonyl (C=O) groups is 2. The minimum atomic E-state index is -0.685. The van der Waals surface area contributed by atoms with Gasteiger partial charge in [-0.2, -0.15) is 5.26 Å². The SMILES string of the molecule is CCOc1cc(/C=C2/C(=O)N(Cc3ccc(F)cc3)C(=O)C(C#N)=C2C)ccc1OCc1ccccc1Cl. The molecule has 0 aromatic heterocycles. The van der Waals surface area contributed by atoms with Crippen molar-refractivity contribution >= 4 is 29.5 Å². The predicted octanol–water partition coefficient (Wildman–Crippen LogP) is 6.25. The normalized spacial score (nSPS) is 14.6. The van der Waals surface area contributed by atoms with E-state index in [-0.39, 0.29) is 29.9 Å². The molecule has 0 atom stereocenters. The number of hydrogen-bond donors (Lipinski definition) is 0. The highest BCUT2D eigenvalue weighted by molar-refractivity contribution is 6.31. The fourth-order valence-electron chi connectivity index (χ4n) is 3.99. The Bertz CT molecular complexity index is 1490. The fourth-order valence-corrected chi connectivity index (χ4v) is 4.18. The monoisotopic (exact) mass is 530 g/mol. The summed E-state index contributed by atoms with van der Waals surface area (Å²) < 4.78 is 25.1. The first kappa shape index (κ1) is 26.6. The van der Waals surface area contributed by atoms with Crippen molar-refractivity contribution in [2.45, 2.75) is 27.0 Å². The summed E-state index contributed by atoms with van der Waals surface area (Å²) in [6.45, 7) is 3.96. The lowest BCUT2D eigenvalue weighted by Crippen LogP contribution is -2.42. The summed E-state index contributed by atoms with van der Waals surface area (Å²) in [7, 11) is 0. The molecule has 1 heterocycles. The van der Waals surface area contributed by atoms with E-state index in [4.69, 9.17) is 21.1 Å². The molecule has 4 rings (SSSR count). The predicted molar refractivity (Wildman–Crippen MR) is 142 cm³/mol. The molecule has 8 heteroatoms. The first-order chi connectivity index (χ1) is 18.3. The van der Waals surface area contributed by atoms with Crippen LogP contribution in [-0.2, 0) is 22.7 Å². The molecule has 0 N–H and O–H groups in total. The summed E-state index contributed by atoms with van der Waals surface area (Å²) in [6.07, 6.45) is 1.61. The number of hydrogen-bond acceptors (Lipinski definition) is 5. The number of amides is 2. The van der Waals surface area contributed by atoms with Crippen LogP contribution in [0.1, 0.15) is 30.5 Å². The molecule has 192 valence electrons. The summed E-state index contributed by atoms with van der Waals surface area (Å²) in [6, 6.07) is 20.0. The van der Waals surface area contributed by atoms with Crippen molar-refractivity contribution in [1.29, 1.82) is 5.26 Å². The van der Waals surface area contributed by atoms with E-state index < -0.39 is 17.6 Å². The molecule has 38 heavy (non-hydrogen) atoms. The molecule has 0 radical (unpaired) electrons. The lowest BCUT2D eigenvalue weighted by Gasteiger charge is -2.27. The Morgan fingerprint density at radius 2 is 1.74 bits per heavy atom. The quantitative estimate of drug-likeness (QED) is 0.254. The summed E-state index contributed by atoms with van der Waals surface area (Å²) in [5.41, 5.74) is 2.37. The third kappa shape index (κ3) is 5.77. The van der Waals surface area contributed by atoms with Crippen molar-refractivity contribution in [2.75, 3.05) is 6.61 Å². The van der Waals surface area contributed by atoms with Crippen LogP contribution in [-0.4, -0.2) is 23.3 Å². The van der Waals surface area contributed by atoms with E-state index in [9.17, 15) is 19.2 Å². The second-order valence-electron chi connectivity index (χ2n) is 8.51. The molecule has 1 aliphatic heterocycles. The van der Waals surface area contributed by atoms with Gasteiger partial charge in [0.15, 0.2) is 11.5 Å². The van der Waals surface area contributed by atoms with Crippen LogP contribution in [0.5, 0.6) is 11.5 Å². The zero-order chi connectivity index (χ0) is 27.2. The number of carbonyl (C=O) groups excluding carboxylic acids is 2. The van der Waals surface area contributed by atoms with Gasteiger partial charge in [0.25, 0.3) is 11.8 Å². The van der Waals surface area contributed by atoms with Gasteiger partial charge >= 0.3 is 0 Å². The topological polar surface area (TPSA) is 79.6 Å². The third-order valence-corrected chi connectivity index (χ3v) is 6.37. The molecule has 0 aliphatic carbocycles. The lowest BCUT2D eigenvalue weighted by atomic mass is 9.93. The van der Waals surface area contributed by atoms with Gasteiger partial charge in [0.2, 0.25) is 0 Å². The molecular weight excluding hydrogens is 507 g/mol. The number of imide groups is 1. The molecule has 0 spiro atoms. The summed E-state index contributed by atoms with van der Waals surface area (Å²) >= 11 is 6.23. The van der Waals surface area contributed by atoms with Gasteiger partial charge in [-0.15, -0.1) is 0 Å². The first-order valence-corrected chi connectivity index (χ1v) is 12.3. The van der Waals surface area contributed by atoms with E-state index in [1.165, 1.54) is 24.3 Å². The molecule has 0 bridgehead atoms. The summed E-state index contributed by atoms with van der Waals surface area (Å²) in [5, 5.41) is 10.3. The van der Waals surface area contributed by atoms with Gasteiger partial charge in [0, 0.05) is 16.2 Å². The second-order valence-corrected chi connectivity index (χ2v) is 8.92. The van der Waals surface area contributed by atoms with Crippen molar-refractivity contribution in [2.24, 2.45) is 0 Å². The van der Waals surface area contributed by atoms with Crippen LogP contribution in [0.3, 0.4) is 0 Å². The van der Waals surface area contributed by atoms with Crippen molar-refractivity contribution in [3.05, 3.63) is 111 Å². The number of nitrogens with zero attached hydrogens (tertiary/aromatic N) is 2. The van der Waals surface area contributed by atoms with Crippen LogP contribution >= 0.6 is 11.6 Å². The van der Waals surface area contributed by atoms with Crippen LogP contribution < -0.4 is 9.47 Å². The van der Waals surface area contributed by atoms with Gasteiger partial charge in [-0.25, -0.2) is 4.39 Å². The maximum atomic E-state index is 13.4. The number of ether oxygens (including phenoxy) is 2. The molecule has 0 saturated carbocycles. The number of benzene rings is 3. The van der Waals surface area contributed by atoms with E-state index in [2.05, 4.69) is 0 Å². The van der Waals surface area contributed by atoms with Crippen LogP contribution in [0, 0.1) is 17.1 Å². The third-order valence-electron chi connectivity index (χ3n) is 6.00. The summed E-state index contributed by atoms with van der Waals surface area (Å²) in [5.74, 6) is -0.688. The molecule has 0 saturated heterocycles. The second kappa shape index (κ2) is 11.8. The molecule has 1 aliphatic rings. The maximum Gasteiger partial charge on any atom is 0.271 e.